The van der Waals surface area contributed by atoms with Crippen LogP contribution in [0.25, 0.3) is 0 Å². The van der Waals surface area contributed by atoms with Crippen molar-refractivity contribution in [2.75, 3.05) is 11.9 Å². The third-order valence-electron chi connectivity index (χ3n) is 3.86. The van der Waals surface area contributed by atoms with Crippen LogP contribution in [0.3, 0.4) is 0 Å². The highest BCUT2D eigenvalue weighted by Crippen LogP contribution is 2.42. The Balaban J connectivity index is 0.000000277. The van der Waals surface area contributed by atoms with Crippen LogP contribution in [0.5, 0.6) is 0 Å². The zero-order valence-corrected chi connectivity index (χ0v) is 13.6. The molecule has 0 radical (unpaired) electrons. The SMILES string of the molecule is CCOC(C)=O.Cc1ccc(C(N)=O)c2c1C1C=CC=CC1N2. The van der Waals surface area contributed by atoms with Gasteiger partial charge >= 0.3 is 5.97 Å². The minimum atomic E-state index is -0.375. The van der Waals surface area contributed by atoms with Crippen LogP contribution in [0, 0.1) is 6.92 Å². The second-order valence-corrected chi connectivity index (χ2v) is 5.47. The van der Waals surface area contributed by atoms with Crippen molar-refractivity contribution < 1.29 is 14.3 Å². The van der Waals surface area contributed by atoms with Gasteiger partial charge in [-0.05, 0) is 31.0 Å². The minimum absolute atomic E-state index is 0.211. The lowest BCUT2D eigenvalue weighted by Crippen LogP contribution is -2.18. The number of benzene rings is 1. The zero-order chi connectivity index (χ0) is 17.0. The van der Waals surface area contributed by atoms with Crippen molar-refractivity contribution in [3.8, 4) is 0 Å². The van der Waals surface area contributed by atoms with E-state index in [1.165, 1.54) is 18.1 Å². The van der Waals surface area contributed by atoms with Crippen molar-refractivity contribution in [1.82, 2.24) is 0 Å². The first-order valence-corrected chi connectivity index (χ1v) is 7.63. The molecule has 2 aliphatic rings. The predicted molar refractivity (Wildman–Crippen MR) is 90.4 cm³/mol. The van der Waals surface area contributed by atoms with E-state index in [1.54, 1.807) is 13.0 Å². The molecule has 2 unspecified atom stereocenters. The lowest BCUT2D eigenvalue weighted by molar-refractivity contribution is -0.140. The molecule has 23 heavy (non-hydrogen) atoms. The number of aryl methyl sites for hydroxylation is 1. The van der Waals surface area contributed by atoms with Crippen LogP contribution in [0.15, 0.2) is 36.4 Å². The maximum Gasteiger partial charge on any atom is 0.302 e. The Kier molecular flexibility index (Phi) is 5.21. The number of anilines is 1. The van der Waals surface area contributed by atoms with Crippen LogP contribution < -0.4 is 11.1 Å². The van der Waals surface area contributed by atoms with E-state index in [0.29, 0.717) is 18.1 Å². The smallest absolute Gasteiger partial charge is 0.302 e. The fraction of sp³-hybridized carbons (Fsp3) is 0.333. The van der Waals surface area contributed by atoms with Gasteiger partial charge in [-0.25, -0.2) is 0 Å². The van der Waals surface area contributed by atoms with Crippen LogP contribution >= 0.6 is 0 Å². The summed E-state index contributed by atoms with van der Waals surface area (Å²) in [6, 6.07) is 4.01. The van der Waals surface area contributed by atoms with Crippen LogP contribution in [0.2, 0.25) is 0 Å². The van der Waals surface area contributed by atoms with Crippen molar-refractivity contribution in [3.05, 3.63) is 53.1 Å². The lowest BCUT2D eigenvalue weighted by atomic mass is 9.88. The van der Waals surface area contributed by atoms with Crippen molar-refractivity contribution in [2.24, 2.45) is 5.73 Å². The van der Waals surface area contributed by atoms with Gasteiger partial charge in [0.1, 0.15) is 0 Å². The van der Waals surface area contributed by atoms with Gasteiger partial charge in [0, 0.05) is 12.8 Å². The van der Waals surface area contributed by atoms with E-state index in [1.807, 2.05) is 18.2 Å². The molecule has 122 valence electrons. The molecule has 5 nitrogen and oxygen atoms in total. The van der Waals surface area contributed by atoms with E-state index in [2.05, 4.69) is 29.1 Å². The predicted octanol–water partition coefficient (Wildman–Crippen LogP) is 2.67. The Morgan fingerprint density at radius 2 is 1.96 bits per heavy atom. The van der Waals surface area contributed by atoms with Gasteiger partial charge in [-0.1, -0.05) is 30.4 Å². The first-order valence-electron chi connectivity index (χ1n) is 7.63. The molecule has 0 bridgehead atoms. The van der Waals surface area contributed by atoms with Gasteiger partial charge in [-0.3, -0.25) is 9.59 Å². The number of carbonyl (C=O) groups excluding carboxylic acids is 2. The molecule has 1 aliphatic heterocycles. The molecule has 0 saturated heterocycles. The Bertz CT molecular complexity index is 677. The van der Waals surface area contributed by atoms with E-state index in [-0.39, 0.29) is 17.9 Å². The second-order valence-electron chi connectivity index (χ2n) is 5.47. The number of ether oxygens (including phenoxy) is 1. The number of esters is 1. The molecule has 1 heterocycles. The van der Waals surface area contributed by atoms with E-state index in [9.17, 15) is 9.59 Å². The minimum Gasteiger partial charge on any atom is -0.466 e. The molecule has 2 atom stereocenters. The molecular weight excluding hydrogens is 292 g/mol. The Labute approximate surface area is 136 Å². The maximum atomic E-state index is 11.4. The molecule has 0 saturated carbocycles. The molecule has 1 aromatic carbocycles. The van der Waals surface area contributed by atoms with Gasteiger partial charge in [0.05, 0.1) is 23.9 Å². The summed E-state index contributed by atoms with van der Waals surface area (Å²) in [4.78, 5) is 21.2. The number of rotatable bonds is 2. The van der Waals surface area contributed by atoms with E-state index in [4.69, 9.17) is 5.73 Å². The quantitative estimate of drug-likeness (QED) is 0.822. The summed E-state index contributed by atoms with van der Waals surface area (Å²) in [5, 5.41) is 3.39. The van der Waals surface area contributed by atoms with Gasteiger partial charge in [0.2, 0.25) is 0 Å². The number of primary amides is 1. The first-order chi connectivity index (χ1) is 11.0. The molecule has 0 spiro atoms. The number of carbonyl (C=O) groups is 2. The Morgan fingerprint density at radius 3 is 2.52 bits per heavy atom. The summed E-state index contributed by atoms with van der Waals surface area (Å²) < 4.78 is 4.40. The van der Waals surface area contributed by atoms with Gasteiger partial charge in [0.15, 0.2) is 0 Å². The normalized spacial score (nSPS) is 19.8. The molecule has 3 rings (SSSR count). The molecule has 1 aliphatic carbocycles. The van der Waals surface area contributed by atoms with E-state index >= 15 is 0 Å². The number of nitrogens with one attached hydrogen (secondary N) is 1. The molecular formula is C18H22N2O3. The fourth-order valence-electron chi connectivity index (χ4n) is 2.90. The van der Waals surface area contributed by atoms with Crippen LogP contribution in [0.4, 0.5) is 5.69 Å². The average Bonchev–Trinajstić information content (AvgIpc) is 2.87. The van der Waals surface area contributed by atoms with Crippen LogP contribution in [0.1, 0.15) is 41.3 Å². The van der Waals surface area contributed by atoms with Gasteiger partial charge < -0.3 is 15.8 Å². The largest absolute Gasteiger partial charge is 0.466 e. The summed E-state index contributed by atoms with van der Waals surface area (Å²) >= 11 is 0. The molecule has 3 N–H and O–H groups in total. The summed E-state index contributed by atoms with van der Waals surface area (Å²) in [5.74, 6) is -0.271. The average molecular weight is 314 g/mol. The maximum absolute atomic E-state index is 11.4. The summed E-state index contributed by atoms with van der Waals surface area (Å²) in [6.45, 7) is 5.72. The molecule has 0 fully saturated rings. The number of hydrogen-bond acceptors (Lipinski definition) is 4. The topological polar surface area (TPSA) is 81.4 Å². The number of fused-ring (bicyclic) bond motifs is 3. The van der Waals surface area contributed by atoms with Gasteiger partial charge in [0.25, 0.3) is 5.91 Å². The summed E-state index contributed by atoms with van der Waals surface area (Å²) in [5.41, 5.74) is 9.30. The molecule has 1 amide bonds. The van der Waals surface area contributed by atoms with E-state index < -0.39 is 0 Å². The van der Waals surface area contributed by atoms with Gasteiger partial charge in [-0.15, -0.1) is 0 Å². The zero-order valence-electron chi connectivity index (χ0n) is 13.6. The van der Waals surface area contributed by atoms with Crippen molar-refractivity contribution in [3.63, 3.8) is 0 Å². The number of hydrogen-bond donors (Lipinski definition) is 2. The van der Waals surface area contributed by atoms with Crippen LogP contribution in [-0.4, -0.2) is 24.5 Å². The third kappa shape index (κ3) is 3.62. The first kappa shape index (κ1) is 16.8. The van der Waals surface area contributed by atoms with Gasteiger partial charge in [-0.2, -0.15) is 0 Å². The highest BCUT2D eigenvalue weighted by atomic mass is 16.5. The number of allylic oxidation sites excluding steroid dienone is 2. The monoisotopic (exact) mass is 314 g/mol. The number of nitrogens with two attached hydrogens (primary N) is 1. The summed E-state index contributed by atoms with van der Waals surface area (Å²) in [7, 11) is 0. The fourth-order valence-corrected chi connectivity index (χ4v) is 2.90. The highest BCUT2D eigenvalue weighted by Gasteiger charge is 2.33. The van der Waals surface area contributed by atoms with Crippen LogP contribution in [-0.2, 0) is 9.53 Å². The van der Waals surface area contributed by atoms with Crippen molar-refractivity contribution in [2.45, 2.75) is 32.7 Å². The standard InChI is InChI=1S/C14H14N2O.C4H8O2/c1-8-6-7-10(14(15)17)13-12(8)9-4-2-3-5-11(9)16-13;1-3-6-4(2)5/h2-7,9,11,16H,1H3,(H2,15,17);3H2,1-2H3. The van der Waals surface area contributed by atoms with Crippen molar-refractivity contribution in [1.29, 1.82) is 0 Å². The number of amides is 1. The lowest BCUT2D eigenvalue weighted by Gasteiger charge is -2.16. The molecule has 5 heteroatoms. The Morgan fingerprint density at radius 1 is 1.26 bits per heavy atom. The van der Waals surface area contributed by atoms with E-state index in [0.717, 1.165) is 5.69 Å². The Hall–Kier alpha value is -2.56. The highest BCUT2D eigenvalue weighted by molar-refractivity contribution is 6.00. The second kappa shape index (κ2) is 7.13. The van der Waals surface area contributed by atoms with Crippen molar-refractivity contribution >= 4 is 17.6 Å². The molecule has 1 aromatic rings. The summed E-state index contributed by atoms with van der Waals surface area (Å²) in [6.07, 6.45) is 8.36. The molecule has 0 aromatic heterocycles. The third-order valence-corrected chi connectivity index (χ3v) is 3.86.